The number of alkyl halides is 3. The molecular weight excluding hydrogens is 515 g/mol. The molecule has 5 rings (SSSR count). The number of halogens is 3. The monoisotopic (exact) mass is 541 g/mol. The van der Waals surface area contributed by atoms with Gasteiger partial charge in [0.25, 0.3) is 0 Å². The van der Waals surface area contributed by atoms with Gasteiger partial charge in [-0.25, -0.2) is 9.97 Å². The zero-order valence-electron chi connectivity index (χ0n) is 20.5. The maximum Gasteiger partial charge on any atom is 0.393 e. The van der Waals surface area contributed by atoms with Crippen LogP contribution in [0.25, 0.3) is 21.1 Å². The highest BCUT2D eigenvalue weighted by Crippen LogP contribution is 2.33. The van der Waals surface area contributed by atoms with E-state index in [4.69, 9.17) is 5.73 Å². The van der Waals surface area contributed by atoms with Crippen LogP contribution in [0.2, 0.25) is 0 Å². The first-order valence-corrected chi connectivity index (χ1v) is 13.1. The SMILES string of the molecule is N#Cc1cc2cc(CN3CCC(Nc4ncnc5sc(CC(F)(F)F)cc45)CC3)ccc2n1CCC(N)=O. The lowest BCUT2D eigenvalue weighted by atomic mass is 10.0. The summed E-state index contributed by atoms with van der Waals surface area (Å²) in [5.41, 5.74) is 7.82. The quantitative estimate of drug-likeness (QED) is 0.338. The summed E-state index contributed by atoms with van der Waals surface area (Å²) >= 11 is 1.05. The molecule has 12 heteroatoms. The summed E-state index contributed by atoms with van der Waals surface area (Å²) in [5.74, 6) is 0.175. The molecule has 1 amide bonds. The van der Waals surface area contributed by atoms with Crippen LogP contribution in [-0.4, -0.2) is 50.6 Å². The van der Waals surface area contributed by atoms with E-state index in [1.165, 1.54) is 6.33 Å². The maximum atomic E-state index is 12.8. The summed E-state index contributed by atoms with van der Waals surface area (Å²) in [6.07, 6.45) is -1.92. The molecule has 4 heterocycles. The van der Waals surface area contributed by atoms with Crippen LogP contribution in [-0.2, 0) is 24.3 Å². The molecule has 0 unspecified atom stereocenters. The van der Waals surface area contributed by atoms with Gasteiger partial charge in [0.1, 0.15) is 28.7 Å². The van der Waals surface area contributed by atoms with Crippen LogP contribution >= 0.6 is 11.3 Å². The van der Waals surface area contributed by atoms with Crippen molar-refractivity contribution in [3.63, 3.8) is 0 Å². The Kier molecular flexibility index (Phi) is 7.23. The van der Waals surface area contributed by atoms with E-state index in [-0.39, 0.29) is 17.3 Å². The Morgan fingerprint density at radius 1 is 1.21 bits per heavy atom. The van der Waals surface area contributed by atoms with Gasteiger partial charge in [0.15, 0.2) is 0 Å². The molecule has 0 radical (unpaired) electrons. The van der Waals surface area contributed by atoms with Crippen molar-refractivity contribution in [1.29, 1.82) is 5.26 Å². The maximum absolute atomic E-state index is 12.8. The van der Waals surface area contributed by atoms with Crippen molar-refractivity contribution < 1.29 is 18.0 Å². The number of likely N-dealkylation sites (tertiary alicyclic amines) is 1. The van der Waals surface area contributed by atoms with Gasteiger partial charge in [0.2, 0.25) is 5.91 Å². The Bertz CT molecular complexity index is 1510. The van der Waals surface area contributed by atoms with Crippen molar-refractivity contribution in [1.82, 2.24) is 19.4 Å². The van der Waals surface area contributed by atoms with Gasteiger partial charge in [-0.05, 0) is 42.7 Å². The van der Waals surface area contributed by atoms with Crippen molar-refractivity contribution in [3.05, 3.63) is 52.8 Å². The summed E-state index contributed by atoms with van der Waals surface area (Å²) in [6.45, 7) is 2.85. The second-order valence-electron chi connectivity index (χ2n) is 9.54. The predicted octanol–water partition coefficient (Wildman–Crippen LogP) is 4.57. The molecule has 4 aromatic rings. The zero-order chi connectivity index (χ0) is 26.9. The molecule has 8 nitrogen and oxygen atoms in total. The third-order valence-electron chi connectivity index (χ3n) is 6.75. The van der Waals surface area contributed by atoms with Crippen molar-refractivity contribution in [3.8, 4) is 6.07 Å². The number of anilines is 1. The predicted molar refractivity (Wildman–Crippen MR) is 140 cm³/mol. The molecular formula is C26H26F3N7OS. The Balaban J connectivity index is 1.21. The number of hydrogen-bond acceptors (Lipinski definition) is 7. The van der Waals surface area contributed by atoms with Gasteiger partial charge in [0, 0.05) is 54.4 Å². The molecule has 3 N–H and O–H groups in total. The number of hydrogen-bond donors (Lipinski definition) is 2. The Morgan fingerprint density at radius 2 is 2.00 bits per heavy atom. The van der Waals surface area contributed by atoms with Crippen molar-refractivity contribution in [2.24, 2.45) is 5.73 Å². The largest absolute Gasteiger partial charge is 0.393 e. The van der Waals surface area contributed by atoms with Gasteiger partial charge >= 0.3 is 6.18 Å². The Morgan fingerprint density at radius 3 is 2.71 bits per heavy atom. The number of rotatable bonds is 8. The minimum absolute atomic E-state index is 0.162. The fourth-order valence-corrected chi connectivity index (χ4v) is 5.99. The summed E-state index contributed by atoms with van der Waals surface area (Å²) < 4.78 is 40.3. The first-order chi connectivity index (χ1) is 18.2. The normalized spacial score (nSPS) is 15.2. The van der Waals surface area contributed by atoms with Gasteiger partial charge in [-0.3, -0.25) is 9.69 Å². The molecule has 0 saturated carbocycles. The topological polar surface area (TPSA) is 113 Å². The number of thiophene rings is 1. The molecule has 1 aromatic carbocycles. The van der Waals surface area contributed by atoms with E-state index in [0.29, 0.717) is 28.3 Å². The second kappa shape index (κ2) is 10.6. The lowest BCUT2D eigenvalue weighted by Gasteiger charge is -2.32. The van der Waals surface area contributed by atoms with E-state index in [2.05, 4.69) is 32.3 Å². The van der Waals surface area contributed by atoms with Gasteiger partial charge in [-0.1, -0.05) is 6.07 Å². The molecule has 0 atom stereocenters. The van der Waals surface area contributed by atoms with Crippen LogP contribution in [0.5, 0.6) is 0 Å². The molecule has 198 valence electrons. The first kappa shape index (κ1) is 25.9. The number of nitrogens with two attached hydrogens (primary N) is 1. The number of piperidine rings is 1. The number of fused-ring (bicyclic) bond motifs is 2. The molecule has 0 aliphatic carbocycles. The fourth-order valence-electron chi connectivity index (χ4n) is 4.97. The van der Waals surface area contributed by atoms with Crippen LogP contribution in [0.4, 0.5) is 19.0 Å². The first-order valence-electron chi connectivity index (χ1n) is 12.3. The average Bonchev–Trinajstić information content (AvgIpc) is 3.43. The molecule has 0 spiro atoms. The lowest BCUT2D eigenvalue weighted by molar-refractivity contribution is -0.126. The summed E-state index contributed by atoms with van der Waals surface area (Å²) in [5, 5.41) is 14.5. The highest BCUT2D eigenvalue weighted by atomic mass is 32.1. The second-order valence-corrected chi connectivity index (χ2v) is 10.7. The molecule has 1 fully saturated rings. The molecule has 1 saturated heterocycles. The number of benzene rings is 1. The fraction of sp³-hybridized carbons (Fsp3) is 0.385. The minimum atomic E-state index is -4.26. The lowest BCUT2D eigenvalue weighted by Crippen LogP contribution is -2.38. The minimum Gasteiger partial charge on any atom is -0.370 e. The van der Waals surface area contributed by atoms with Gasteiger partial charge in [-0.2, -0.15) is 18.4 Å². The summed E-state index contributed by atoms with van der Waals surface area (Å²) in [4.78, 5) is 22.8. The molecule has 3 aromatic heterocycles. The number of nitriles is 1. The summed E-state index contributed by atoms with van der Waals surface area (Å²) in [6, 6.07) is 11.8. The third-order valence-corrected chi connectivity index (χ3v) is 7.79. The number of nitrogens with one attached hydrogen (secondary N) is 1. The van der Waals surface area contributed by atoms with Crippen molar-refractivity contribution in [2.45, 2.75) is 51.0 Å². The van der Waals surface area contributed by atoms with Crippen LogP contribution in [0, 0.1) is 11.3 Å². The average molecular weight is 542 g/mol. The Hall–Kier alpha value is -3.69. The number of aromatic nitrogens is 3. The van der Waals surface area contributed by atoms with Crippen LogP contribution in [0.15, 0.2) is 36.7 Å². The molecule has 38 heavy (non-hydrogen) atoms. The number of nitrogens with zero attached hydrogens (tertiary/aromatic N) is 5. The van der Waals surface area contributed by atoms with Gasteiger partial charge in [0.05, 0.1) is 11.8 Å². The highest BCUT2D eigenvalue weighted by Gasteiger charge is 2.29. The van der Waals surface area contributed by atoms with Crippen LogP contribution < -0.4 is 11.1 Å². The summed E-state index contributed by atoms with van der Waals surface area (Å²) in [7, 11) is 0. The number of aryl methyl sites for hydroxylation is 1. The van der Waals surface area contributed by atoms with Crippen LogP contribution in [0.1, 0.15) is 35.4 Å². The van der Waals surface area contributed by atoms with E-state index in [1.54, 1.807) is 6.07 Å². The Labute approximate surface area is 220 Å². The standard InChI is InChI=1S/C26H26F3N7OS/c27-26(28,29)12-20-11-21-24(32-15-33-25(21)38-20)34-18-3-6-35(7-4-18)14-16-1-2-22-17(9-16)10-19(13-30)36(22)8-5-23(31)37/h1-2,9-11,15,18H,3-8,12,14H2,(H2,31,37)(H,32,33,34). The van der Waals surface area contributed by atoms with Crippen molar-refractivity contribution in [2.75, 3.05) is 18.4 Å². The zero-order valence-corrected chi connectivity index (χ0v) is 21.3. The van der Waals surface area contributed by atoms with Gasteiger partial charge < -0.3 is 15.6 Å². The molecule has 0 bridgehead atoms. The van der Waals surface area contributed by atoms with E-state index in [9.17, 15) is 23.2 Å². The number of carbonyl (C=O) groups is 1. The molecule has 1 aliphatic rings. The van der Waals surface area contributed by atoms with E-state index < -0.39 is 18.5 Å². The number of amides is 1. The number of carbonyl (C=O) groups excluding carboxylic acids is 1. The van der Waals surface area contributed by atoms with E-state index >= 15 is 0 Å². The highest BCUT2D eigenvalue weighted by molar-refractivity contribution is 7.18. The third kappa shape index (κ3) is 5.89. The van der Waals surface area contributed by atoms with Crippen molar-refractivity contribution >= 4 is 44.2 Å². The van der Waals surface area contributed by atoms with E-state index in [0.717, 1.165) is 60.3 Å². The van der Waals surface area contributed by atoms with E-state index in [1.807, 2.05) is 22.8 Å². The van der Waals surface area contributed by atoms with Crippen LogP contribution in [0.3, 0.4) is 0 Å². The number of primary amides is 1. The smallest absolute Gasteiger partial charge is 0.370 e. The van der Waals surface area contributed by atoms with Gasteiger partial charge in [-0.15, -0.1) is 11.3 Å². The molecule has 1 aliphatic heterocycles.